The molecule has 2 N–H and O–H groups in total. The second-order valence-electron chi connectivity index (χ2n) is 2.35. The summed E-state index contributed by atoms with van der Waals surface area (Å²) in [5, 5.41) is -0.0580. The summed E-state index contributed by atoms with van der Waals surface area (Å²) in [6, 6.07) is 0.816. The Balaban J connectivity index is 3.10. The van der Waals surface area contributed by atoms with Crippen LogP contribution in [-0.4, -0.2) is 4.98 Å². The molecule has 0 aliphatic heterocycles. The fourth-order valence-corrected chi connectivity index (χ4v) is 1.01. The molecule has 13 heavy (non-hydrogen) atoms. The molecule has 1 aromatic heterocycles. The van der Waals surface area contributed by atoms with Gasteiger partial charge in [0.15, 0.2) is 0 Å². The number of rotatable bonds is 1. The third-order valence-corrected chi connectivity index (χ3v) is 1.77. The Morgan fingerprint density at radius 1 is 1.46 bits per heavy atom. The van der Waals surface area contributed by atoms with Crippen LogP contribution >= 0.6 is 11.6 Å². The van der Waals surface area contributed by atoms with Crippen LogP contribution in [0.5, 0.6) is 0 Å². The van der Waals surface area contributed by atoms with Gasteiger partial charge in [0.25, 0.3) is 0 Å². The standard InChI is InChI=1S/C7H6ClF3N2/c8-5-1-4(7(9,10)11)3-13-6(5)2-12/h1,3H,2,12H2. The summed E-state index contributed by atoms with van der Waals surface area (Å²) in [6.45, 7) is 0.0248. The van der Waals surface area contributed by atoms with Crippen molar-refractivity contribution < 1.29 is 13.2 Å². The van der Waals surface area contributed by atoms with Crippen LogP contribution in [-0.2, 0) is 12.7 Å². The van der Waals surface area contributed by atoms with E-state index >= 15 is 0 Å². The first-order valence-corrected chi connectivity index (χ1v) is 3.74. The molecule has 0 amide bonds. The van der Waals surface area contributed by atoms with E-state index in [1.165, 1.54) is 0 Å². The van der Waals surface area contributed by atoms with Crippen molar-refractivity contribution in [3.63, 3.8) is 0 Å². The Morgan fingerprint density at radius 3 is 2.46 bits per heavy atom. The van der Waals surface area contributed by atoms with Gasteiger partial charge in [-0.3, -0.25) is 4.98 Å². The normalized spacial score (nSPS) is 11.8. The number of halogens is 4. The highest BCUT2D eigenvalue weighted by atomic mass is 35.5. The molecule has 0 spiro atoms. The van der Waals surface area contributed by atoms with Gasteiger partial charge < -0.3 is 5.73 Å². The SMILES string of the molecule is NCc1ncc(C(F)(F)F)cc1Cl. The van der Waals surface area contributed by atoms with Crippen molar-refractivity contribution >= 4 is 11.6 Å². The summed E-state index contributed by atoms with van der Waals surface area (Å²) in [5.74, 6) is 0. The van der Waals surface area contributed by atoms with E-state index in [-0.39, 0.29) is 17.3 Å². The summed E-state index contributed by atoms with van der Waals surface area (Å²) in [4.78, 5) is 3.49. The second-order valence-corrected chi connectivity index (χ2v) is 2.76. The Kier molecular flexibility index (Phi) is 2.77. The minimum atomic E-state index is -4.41. The molecule has 0 fully saturated rings. The number of aromatic nitrogens is 1. The minimum absolute atomic E-state index is 0.0248. The molecule has 0 unspecified atom stereocenters. The van der Waals surface area contributed by atoms with Crippen molar-refractivity contribution in [1.29, 1.82) is 0 Å². The second kappa shape index (κ2) is 3.51. The number of nitrogens with zero attached hydrogens (tertiary/aromatic N) is 1. The van der Waals surface area contributed by atoms with E-state index < -0.39 is 11.7 Å². The molecule has 1 aromatic rings. The van der Waals surface area contributed by atoms with E-state index in [1.54, 1.807) is 0 Å². The molecule has 0 aliphatic rings. The van der Waals surface area contributed by atoms with Crippen LogP contribution in [0.1, 0.15) is 11.3 Å². The maximum atomic E-state index is 12.1. The van der Waals surface area contributed by atoms with Crippen molar-refractivity contribution in [2.75, 3.05) is 0 Å². The van der Waals surface area contributed by atoms with Crippen LogP contribution < -0.4 is 5.73 Å². The molecule has 0 bridgehead atoms. The van der Waals surface area contributed by atoms with Gasteiger partial charge in [-0.1, -0.05) is 11.6 Å². The van der Waals surface area contributed by atoms with Crippen molar-refractivity contribution in [2.45, 2.75) is 12.7 Å². The van der Waals surface area contributed by atoms with Gasteiger partial charge in [0.1, 0.15) is 0 Å². The van der Waals surface area contributed by atoms with Crippen LogP contribution in [0.2, 0.25) is 5.02 Å². The zero-order chi connectivity index (χ0) is 10.1. The van der Waals surface area contributed by atoms with E-state index in [4.69, 9.17) is 17.3 Å². The van der Waals surface area contributed by atoms with Crippen LogP contribution in [0.3, 0.4) is 0 Å². The maximum Gasteiger partial charge on any atom is 0.417 e. The van der Waals surface area contributed by atoms with Crippen LogP contribution in [0.25, 0.3) is 0 Å². The van der Waals surface area contributed by atoms with Gasteiger partial charge in [0, 0.05) is 12.7 Å². The molecule has 1 rings (SSSR count). The van der Waals surface area contributed by atoms with Crippen molar-refractivity contribution in [2.24, 2.45) is 5.73 Å². The Hall–Kier alpha value is -0.810. The van der Waals surface area contributed by atoms with Crippen molar-refractivity contribution in [1.82, 2.24) is 4.98 Å². The molecule has 6 heteroatoms. The van der Waals surface area contributed by atoms with Gasteiger partial charge in [-0.2, -0.15) is 13.2 Å². The van der Waals surface area contributed by atoms with Gasteiger partial charge in [0.2, 0.25) is 0 Å². The van der Waals surface area contributed by atoms with Gasteiger partial charge in [-0.05, 0) is 6.07 Å². The number of hydrogen-bond acceptors (Lipinski definition) is 2. The smallest absolute Gasteiger partial charge is 0.325 e. The zero-order valence-electron chi connectivity index (χ0n) is 6.40. The van der Waals surface area contributed by atoms with Crippen LogP contribution in [0, 0.1) is 0 Å². The molecule has 2 nitrogen and oxygen atoms in total. The third kappa shape index (κ3) is 2.32. The van der Waals surface area contributed by atoms with Gasteiger partial charge in [-0.25, -0.2) is 0 Å². The molecular formula is C7H6ClF3N2. The average Bonchev–Trinajstić information content (AvgIpc) is 2.02. The zero-order valence-corrected chi connectivity index (χ0v) is 7.15. The average molecular weight is 211 g/mol. The lowest BCUT2D eigenvalue weighted by Gasteiger charge is -2.07. The fourth-order valence-electron chi connectivity index (χ4n) is 0.771. The molecule has 0 saturated carbocycles. The highest BCUT2D eigenvalue weighted by Crippen LogP contribution is 2.30. The van der Waals surface area contributed by atoms with Crippen LogP contribution in [0.4, 0.5) is 13.2 Å². The molecule has 0 saturated heterocycles. The first-order chi connectivity index (χ1) is 5.95. The molecule has 1 heterocycles. The minimum Gasteiger partial charge on any atom is -0.325 e. The van der Waals surface area contributed by atoms with E-state index in [0.717, 1.165) is 6.07 Å². The first-order valence-electron chi connectivity index (χ1n) is 3.37. The highest BCUT2D eigenvalue weighted by molar-refractivity contribution is 6.31. The van der Waals surface area contributed by atoms with Gasteiger partial charge in [-0.15, -0.1) is 0 Å². The molecule has 0 aromatic carbocycles. The number of hydrogen-bond donors (Lipinski definition) is 1. The molecule has 0 radical (unpaired) electrons. The molecule has 0 atom stereocenters. The Morgan fingerprint density at radius 2 is 2.08 bits per heavy atom. The van der Waals surface area contributed by atoms with E-state index in [1.807, 2.05) is 0 Å². The highest BCUT2D eigenvalue weighted by Gasteiger charge is 2.31. The predicted molar refractivity (Wildman–Crippen MR) is 42.1 cm³/mol. The number of alkyl halides is 3. The van der Waals surface area contributed by atoms with Crippen molar-refractivity contribution in [3.8, 4) is 0 Å². The summed E-state index contributed by atoms with van der Waals surface area (Å²) in [5.41, 5.74) is 4.57. The summed E-state index contributed by atoms with van der Waals surface area (Å²) in [7, 11) is 0. The van der Waals surface area contributed by atoms with E-state index in [2.05, 4.69) is 4.98 Å². The lowest BCUT2D eigenvalue weighted by molar-refractivity contribution is -0.137. The Labute approximate surface area is 77.5 Å². The Bertz CT molecular complexity index is 311. The van der Waals surface area contributed by atoms with Gasteiger partial charge >= 0.3 is 6.18 Å². The largest absolute Gasteiger partial charge is 0.417 e. The summed E-state index contributed by atoms with van der Waals surface area (Å²) >= 11 is 5.49. The quantitative estimate of drug-likeness (QED) is 0.772. The maximum absolute atomic E-state index is 12.1. The van der Waals surface area contributed by atoms with E-state index in [0.29, 0.717) is 6.20 Å². The lowest BCUT2D eigenvalue weighted by atomic mass is 10.2. The molecular weight excluding hydrogens is 205 g/mol. The first kappa shape index (κ1) is 10.3. The van der Waals surface area contributed by atoms with E-state index in [9.17, 15) is 13.2 Å². The molecule has 72 valence electrons. The monoisotopic (exact) mass is 210 g/mol. The fraction of sp³-hybridized carbons (Fsp3) is 0.286. The summed E-state index contributed by atoms with van der Waals surface area (Å²) in [6.07, 6.45) is -3.70. The van der Waals surface area contributed by atoms with Gasteiger partial charge in [0.05, 0.1) is 16.3 Å². The summed E-state index contributed by atoms with van der Waals surface area (Å²) < 4.78 is 36.2. The van der Waals surface area contributed by atoms with Crippen molar-refractivity contribution in [3.05, 3.63) is 28.5 Å². The third-order valence-electron chi connectivity index (χ3n) is 1.44. The predicted octanol–water partition coefficient (Wildman–Crippen LogP) is 2.21. The lowest BCUT2D eigenvalue weighted by Crippen LogP contribution is -2.08. The topological polar surface area (TPSA) is 38.9 Å². The van der Waals surface area contributed by atoms with Crippen LogP contribution in [0.15, 0.2) is 12.3 Å². The number of nitrogens with two attached hydrogens (primary N) is 1. The number of pyridine rings is 1. The molecule has 0 aliphatic carbocycles.